The van der Waals surface area contributed by atoms with Crippen LogP contribution in [0.15, 0.2) is 29.4 Å². The molecule has 1 saturated heterocycles. The van der Waals surface area contributed by atoms with Crippen molar-refractivity contribution < 1.29 is 23.1 Å². The zero-order chi connectivity index (χ0) is 16.7. The third-order valence-electron chi connectivity index (χ3n) is 3.73. The van der Waals surface area contributed by atoms with Crippen molar-refractivity contribution in [2.75, 3.05) is 19.7 Å². The lowest BCUT2D eigenvalue weighted by molar-refractivity contribution is -0.137. The van der Waals surface area contributed by atoms with Crippen LogP contribution in [0.3, 0.4) is 0 Å². The Kier molecular flexibility index (Phi) is 6.31. The Bertz CT molecular complexity index is 544. The summed E-state index contributed by atoms with van der Waals surface area (Å²) in [4.78, 5) is 18.7. The molecule has 0 saturated carbocycles. The molecule has 1 amide bonds. The highest BCUT2D eigenvalue weighted by Crippen LogP contribution is 2.18. The zero-order valence-corrected chi connectivity index (χ0v) is 13.0. The highest BCUT2D eigenvalue weighted by Gasteiger charge is 2.20. The van der Waals surface area contributed by atoms with Gasteiger partial charge in [-0.2, -0.15) is 8.78 Å². The van der Waals surface area contributed by atoms with E-state index in [4.69, 9.17) is 4.84 Å². The first-order valence-corrected chi connectivity index (χ1v) is 7.53. The number of nitrogens with zero attached hydrogens (tertiary/aromatic N) is 2. The highest BCUT2D eigenvalue weighted by molar-refractivity contribution is 5.83. The molecule has 0 aliphatic carbocycles. The summed E-state index contributed by atoms with van der Waals surface area (Å²) in [7, 11) is 0. The summed E-state index contributed by atoms with van der Waals surface area (Å²) in [6.07, 6.45) is 3.24. The predicted octanol–water partition coefficient (Wildman–Crippen LogP) is 2.90. The minimum Gasteiger partial charge on any atom is -0.434 e. The van der Waals surface area contributed by atoms with Gasteiger partial charge in [0.2, 0.25) is 0 Å². The maximum absolute atomic E-state index is 12.3. The molecule has 126 valence electrons. The van der Waals surface area contributed by atoms with Crippen LogP contribution in [0.2, 0.25) is 0 Å². The van der Waals surface area contributed by atoms with Crippen LogP contribution in [0.4, 0.5) is 8.78 Å². The van der Waals surface area contributed by atoms with Gasteiger partial charge in [-0.25, -0.2) is 0 Å². The minimum atomic E-state index is -2.91. The van der Waals surface area contributed by atoms with Crippen molar-refractivity contribution in [3.8, 4) is 5.75 Å². The van der Waals surface area contributed by atoms with Crippen LogP contribution >= 0.6 is 0 Å². The first-order valence-electron chi connectivity index (χ1n) is 7.53. The Morgan fingerprint density at radius 3 is 2.78 bits per heavy atom. The van der Waals surface area contributed by atoms with Gasteiger partial charge in [0.1, 0.15) is 5.75 Å². The molecule has 1 fully saturated rings. The molecule has 23 heavy (non-hydrogen) atoms. The van der Waals surface area contributed by atoms with Crippen LogP contribution in [0.25, 0.3) is 0 Å². The van der Waals surface area contributed by atoms with Gasteiger partial charge in [-0.15, -0.1) is 0 Å². The molecule has 2 rings (SSSR count). The lowest BCUT2D eigenvalue weighted by Gasteiger charge is -2.29. The number of halogens is 2. The Hall–Kier alpha value is -2.18. The van der Waals surface area contributed by atoms with Crippen molar-refractivity contribution in [1.82, 2.24) is 4.90 Å². The molecule has 7 heteroatoms. The maximum atomic E-state index is 12.3. The molecule has 1 aliphatic rings. The summed E-state index contributed by atoms with van der Waals surface area (Å²) in [5, 5.41) is 3.66. The van der Waals surface area contributed by atoms with Crippen molar-refractivity contribution >= 4 is 12.1 Å². The fourth-order valence-electron chi connectivity index (χ4n) is 2.33. The van der Waals surface area contributed by atoms with Gasteiger partial charge in [0.25, 0.3) is 5.91 Å². The lowest BCUT2D eigenvalue weighted by Crippen LogP contribution is -2.39. The van der Waals surface area contributed by atoms with E-state index in [1.54, 1.807) is 23.1 Å². The van der Waals surface area contributed by atoms with E-state index in [1.807, 2.05) is 0 Å². The van der Waals surface area contributed by atoms with Crippen molar-refractivity contribution in [2.24, 2.45) is 11.1 Å². The highest BCUT2D eigenvalue weighted by atomic mass is 19.3. The predicted molar refractivity (Wildman–Crippen MR) is 81.6 cm³/mol. The molecular weight excluding hydrogens is 306 g/mol. The largest absolute Gasteiger partial charge is 0.434 e. The van der Waals surface area contributed by atoms with E-state index in [1.165, 1.54) is 12.3 Å². The molecule has 0 atom stereocenters. The topological polar surface area (TPSA) is 51.1 Å². The van der Waals surface area contributed by atoms with Crippen molar-refractivity contribution in [3.05, 3.63) is 29.8 Å². The standard InChI is InChI=1S/C16H20F2N2O3/c1-12-6-8-20(9-7-12)15(21)11-22-19-10-13-4-2-3-5-14(13)23-16(17)18/h2-5,10,12,16H,6-9,11H2,1H3/b19-10+. The fraction of sp³-hybridized carbons (Fsp3) is 0.500. The van der Waals surface area contributed by atoms with Crippen molar-refractivity contribution in [3.63, 3.8) is 0 Å². The fourth-order valence-corrected chi connectivity index (χ4v) is 2.33. The van der Waals surface area contributed by atoms with E-state index in [0.29, 0.717) is 11.5 Å². The number of hydrogen-bond acceptors (Lipinski definition) is 4. The second-order valence-corrected chi connectivity index (χ2v) is 5.49. The molecule has 0 radical (unpaired) electrons. The van der Waals surface area contributed by atoms with Gasteiger partial charge < -0.3 is 14.5 Å². The Labute approximate surface area is 133 Å². The molecule has 1 aromatic rings. The van der Waals surface area contributed by atoms with Gasteiger partial charge in [-0.1, -0.05) is 24.2 Å². The summed E-state index contributed by atoms with van der Waals surface area (Å²) in [6, 6.07) is 6.22. The number of para-hydroxylation sites is 1. The third kappa shape index (κ3) is 5.50. The number of oxime groups is 1. The van der Waals surface area contributed by atoms with Crippen LogP contribution in [-0.2, 0) is 9.63 Å². The normalized spacial score (nSPS) is 16.1. The molecule has 1 aliphatic heterocycles. The van der Waals surface area contributed by atoms with E-state index in [2.05, 4.69) is 16.8 Å². The second kappa shape index (κ2) is 8.45. The van der Waals surface area contributed by atoms with Gasteiger partial charge in [0.15, 0.2) is 6.61 Å². The number of carbonyl (C=O) groups excluding carboxylic acids is 1. The van der Waals surface area contributed by atoms with Gasteiger partial charge in [-0.05, 0) is 30.9 Å². The molecule has 0 N–H and O–H groups in total. The van der Waals surface area contributed by atoms with Gasteiger partial charge in [-0.3, -0.25) is 4.79 Å². The number of likely N-dealkylation sites (tertiary alicyclic amines) is 1. The first-order chi connectivity index (χ1) is 11.1. The number of ether oxygens (including phenoxy) is 1. The molecule has 1 heterocycles. The number of carbonyl (C=O) groups is 1. The molecule has 0 unspecified atom stereocenters. The van der Waals surface area contributed by atoms with Crippen LogP contribution in [-0.4, -0.2) is 43.3 Å². The molecule has 0 aromatic heterocycles. The molecule has 5 nitrogen and oxygen atoms in total. The maximum Gasteiger partial charge on any atom is 0.387 e. The number of hydrogen-bond donors (Lipinski definition) is 0. The van der Waals surface area contributed by atoms with Crippen LogP contribution in [0.5, 0.6) is 5.75 Å². The summed E-state index contributed by atoms with van der Waals surface area (Å²) < 4.78 is 28.9. The summed E-state index contributed by atoms with van der Waals surface area (Å²) >= 11 is 0. The quantitative estimate of drug-likeness (QED) is 0.597. The number of rotatable bonds is 6. The van der Waals surface area contributed by atoms with Crippen molar-refractivity contribution in [1.29, 1.82) is 0 Å². The van der Waals surface area contributed by atoms with Gasteiger partial charge >= 0.3 is 6.61 Å². The van der Waals surface area contributed by atoms with E-state index in [9.17, 15) is 13.6 Å². The van der Waals surface area contributed by atoms with E-state index < -0.39 is 6.61 Å². The van der Waals surface area contributed by atoms with Crippen molar-refractivity contribution in [2.45, 2.75) is 26.4 Å². The third-order valence-corrected chi connectivity index (χ3v) is 3.73. The van der Waals surface area contributed by atoms with Crippen LogP contribution < -0.4 is 4.74 Å². The smallest absolute Gasteiger partial charge is 0.387 e. The van der Waals surface area contributed by atoms with Gasteiger partial charge in [0, 0.05) is 18.7 Å². The molecule has 0 bridgehead atoms. The lowest BCUT2D eigenvalue weighted by atomic mass is 9.99. The molecule has 1 aromatic carbocycles. The zero-order valence-electron chi connectivity index (χ0n) is 13.0. The SMILES string of the molecule is CC1CCN(C(=O)CO/N=C/c2ccccc2OC(F)F)CC1. The van der Waals surface area contributed by atoms with E-state index in [0.717, 1.165) is 25.9 Å². The summed E-state index contributed by atoms with van der Waals surface area (Å²) in [5.41, 5.74) is 0.354. The average molecular weight is 326 g/mol. The molecule has 0 spiro atoms. The van der Waals surface area contributed by atoms with E-state index in [-0.39, 0.29) is 18.3 Å². The number of amides is 1. The minimum absolute atomic E-state index is 0.00574. The average Bonchev–Trinajstić information content (AvgIpc) is 2.53. The van der Waals surface area contributed by atoms with Crippen LogP contribution in [0, 0.1) is 5.92 Å². The van der Waals surface area contributed by atoms with E-state index >= 15 is 0 Å². The molecular formula is C16H20F2N2O3. The number of benzene rings is 1. The number of piperidine rings is 1. The van der Waals surface area contributed by atoms with Gasteiger partial charge in [0.05, 0.1) is 6.21 Å². The Morgan fingerprint density at radius 2 is 2.09 bits per heavy atom. The van der Waals surface area contributed by atoms with Crippen LogP contribution in [0.1, 0.15) is 25.3 Å². The summed E-state index contributed by atoms with van der Waals surface area (Å²) in [6.45, 7) is 0.564. The Balaban J connectivity index is 1.82. The monoisotopic (exact) mass is 326 g/mol. The number of alkyl halides is 2. The first kappa shape index (κ1) is 17.2. The summed E-state index contributed by atoms with van der Waals surface area (Å²) in [5.74, 6) is 0.529. The second-order valence-electron chi connectivity index (χ2n) is 5.49. The Morgan fingerprint density at radius 1 is 1.39 bits per heavy atom.